The van der Waals surface area contributed by atoms with Crippen LogP contribution in [0.5, 0.6) is 0 Å². The molecule has 21 heavy (non-hydrogen) atoms. The maximum atomic E-state index is 12.2. The summed E-state index contributed by atoms with van der Waals surface area (Å²) in [6, 6.07) is 9.84. The normalized spacial score (nSPS) is 11.9. The van der Waals surface area contributed by atoms with Crippen LogP contribution < -0.4 is 0 Å². The lowest BCUT2D eigenvalue weighted by Gasteiger charge is -2.27. The van der Waals surface area contributed by atoms with Crippen LogP contribution in [0.25, 0.3) is 5.70 Å². The van der Waals surface area contributed by atoms with Crippen molar-refractivity contribution in [3.05, 3.63) is 41.5 Å². The first-order valence-corrected chi connectivity index (χ1v) is 7.75. The van der Waals surface area contributed by atoms with Crippen LogP contribution in [0.15, 0.2) is 35.9 Å². The van der Waals surface area contributed by atoms with Gasteiger partial charge in [0.25, 0.3) is 0 Å². The predicted molar refractivity (Wildman–Crippen MR) is 88.0 cm³/mol. The van der Waals surface area contributed by atoms with Crippen LogP contribution in [-0.2, 0) is 9.53 Å². The summed E-state index contributed by atoms with van der Waals surface area (Å²) < 4.78 is 5.74. The molecule has 0 aliphatic heterocycles. The molecule has 1 rings (SSSR count). The van der Waals surface area contributed by atoms with Gasteiger partial charge < -0.3 is 4.74 Å². The summed E-state index contributed by atoms with van der Waals surface area (Å²) in [6.07, 6.45) is 1.00. The van der Waals surface area contributed by atoms with Gasteiger partial charge in [-0.15, -0.1) is 11.6 Å². The van der Waals surface area contributed by atoms with Crippen molar-refractivity contribution < 1.29 is 9.53 Å². The lowest BCUT2D eigenvalue weighted by atomic mass is 10.1. The van der Waals surface area contributed by atoms with Crippen molar-refractivity contribution in [2.75, 3.05) is 12.6 Å². The second-order valence-corrected chi connectivity index (χ2v) is 5.45. The van der Waals surface area contributed by atoms with Crippen LogP contribution in [-0.4, -0.2) is 29.5 Å². The fourth-order valence-electron chi connectivity index (χ4n) is 1.96. The number of allylic oxidation sites excluding steroid dienone is 1. The minimum atomic E-state index is -0.153. The van der Waals surface area contributed by atoms with Gasteiger partial charge in [0.05, 0.1) is 11.8 Å². The molecule has 1 atom stereocenters. The van der Waals surface area contributed by atoms with E-state index < -0.39 is 0 Å². The van der Waals surface area contributed by atoms with Gasteiger partial charge in [0, 0.05) is 0 Å². The van der Waals surface area contributed by atoms with Crippen molar-refractivity contribution in [3.8, 4) is 0 Å². The molecule has 0 heterocycles. The second-order valence-electron chi connectivity index (χ2n) is 5.18. The van der Waals surface area contributed by atoms with Crippen molar-refractivity contribution in [1.82, 2.24) is 4.90 Å². The summed E-state index contributed by atoms with van der Waals surface area (Å²) in [5, 5.41) is 0. The highest BCUT2D eigenvalue weighted by Gasteiger charge is 2.20. The smallest absolute Gasteiger partial charge is 0.243 e. The monoisotopic (exact) mass is 309 g/mol. The van der Waals surface area contributed by atoms with Crippen molar-refractivity contribution >= 4 is 23.2 Å². The Hall–Kier alpha value is -1.32. The van der Waals surface area contributed by atoms with E-state index in [1.165, 1.54) is 0 Å². The Morgan fingerprint density at radius 3 is 2.38 bits per heavy atom. The van der Waals surface area contributed by atoms with Gasteiger partial charge in [-0.25, -0.2) is 0 Å². The van der Waals surface area contributed by atoms with Crippen molar-refractivity contribution in [2.24, 2.45) is 0 Å². The summed E-state index contributed by atoms with van der Waals surface area (Å²) in [5.74, 6) is -0.215. The number of hydrogen-bond acceptors (Lipinski definition) is 2. The molecule has 0 aromatic heterocycles. The van der Waals surface area contributed by atoms with E-state index in [0.717, 1.165) is 23.3 Å². The Bertz CT molecular complexity index is 481. The third kappa shape index (κ3) is 5.18. The van der Waals surface area contributed by atoms with Crippen molar-refractivity contribution in [2.45, 2.75) is 40.2 Å². The highest BCUT2D eigenvalue weighted by molar-refractivity contribution is 6.27. The van der Waals surface area contributed by atoms with Gasteiger partial charge in [-0.3, -0.25) is 9.69 Å². The molecule has 0 N–H and O–H groups in total. The molecule has 0 saturated heterocycles. The standard InChI is InChI=1S/C17H24ClNO2/c1-5-14(4)21-12-19(16(20)11-18)17(13(2)3)15-9-7-6-8-10-15/h6-10,14H,5,11-12H2,1-4H3. The molecule has 1 unspecified atom stereocenters. The van der Waals surface area contributed by atoms with Gasteiger partial charge in [-0.05, 0) is 32.8 Å². The number of nitrogens with zero attached hydrogens (tertiary/aromatic N) is 1. The predicted octanol–water partition coefficient (Wildman–Crippen LogP) is 4.28. The summed E-state index contributed by atoms with van der Waals surface area (Å²) in [7, 11) is 0. The van der Waals surface area contributed by atoms with E-state index in [4.69, 9.17) is 16.3 Å². The summed E-state index contributed by atoms with van der Waals surface area (Å²) in [4.78, 5) is 13.8. The van der Waals surface area contributed by atoms with Crippen LogP contribution in [0.3, 0.4) is 0 Å². The zero-order valence-electron chi connectivity index (χ0n) is 13.2. The van der Waals surface area contributed by atoms with Crippen LogP contribution in [0.2, 0.25) is 0 Å². The van der Waals surface area contributed by atoms with Crippen LogP contribution in [0, 0.1) is 0 Å². The van der Waals surface area contributed by atoms with Crippen molar-refractivity contribution in [1.29, 1.82) is 0 Å². The molecule has 0 radical (unpaired) electrons. The van der Waals surface area contributed by atoms with E-state index in [1.807, 2.05) is 51.1 Å². The SMILES string of the molecule is CCC(C)OCN(C(=O)CCl)C(=C(C)C)c1ccccc1. The Labute approximate surface area is 132 Å². The topological polar surface area (TPSA) is 29.5 Å². The van der Waals surface area contributed by atoms with E-state index in [-0.39, 0.29) is 24.6 Å². The first-order valence-electron chi connectivity index (χ1n) is 7.22. The van der Waals surface area contributed by atoms with Gasteiger partial charge >= 0.3 is 0 Å². The number of rotatable bonds is 7. The molecule has 4 heteroatoms. The molecule has 0 spiro atoms. The number of halogens is 1. The lowest BCUT2D eigenvalue weighted by Crippen LogP contribution is -2.34. The maximum absolute atomic E-state index is 12.2. The highest BCUT2D eigenvalue weighted by Crippen LogP contribution is 2.24. The first kappa shape index (κ1) is 17.7. The lowest BCUT2D eigenvalue weighted by molar-refractivity contribution is -0.130. The zero-order chi connectivity index (χ0) is 15.8. The van der Waals surface area contributed by atoms with Gasteiger partial charge in [0.15, 0.2) is 0 Å². The molecule has 0 aliphatic carbocycles. The Morgan fingerprint density at radius 1 is 1.29 bits per heavy atom. The quantitative estimate of drug-likeness (QED) is 0.556. The van der Waals surface area contributed by atoms with Gasteiger partial charge in [0.1, 0.15) is 12.6 Å². The molecule has 1 amide bonds. The molecular weight excluding hydrogens is 286 g/mol. The number of carbonyl (C=O) groups excluding carboxylic acids is 1. The summed E-state index contributed by atoms with van der Waals surface area (Å²) in [5.41, 5.74) is 2.90. The average molecular weight is 310 g/mol. The summed E-state index contributed by atoms with van der Waals surface area (Å²) in [6.45, 7) is 8.24. The molecule has 3 nitrogen and oxygen atoms in total. The molecule has 0 fully saturated rings. The van der Waals surface area contributed by atoms with Crippen molar-refractivity contribution in [3.63, 3.8) is 0 Å². The van der Waals surface area contributed by atoms with Gasteiger partial charge in [-0.1, -0.05) is 42.8 Å². The largest absolute Gasteiger partial charge is 0.358 e. The van der Waals surface area contributed by atoms with Crippen LogP contribution in [0.4, 0.5) is 0 Å². The summed E-state index contributed by atoms with van der Waals surface area (Å²) >= 11 is 5.76. The average Bonchev–Trinajstić information content (AvgIpc) is 2.50. The molecule has 0 aliphatic rings. The molecule has 1 aromatic carbocycles. The van der Waals surface area contributed by atoms with Gasteiger partial charge in [-0.2, -0.15) is 0 Å². The third-order valence-corrected chi connectivity index (χ3v) is 3.50. The number of benzene rings is 1. The second kappa shape index (κ2) is 8.85. The third-order valence-electron chi connectivity index (χ3n) is 3.27. The first-order chi connectivity index (χ1) is 10.0. The number of carbonyl (C=O) groups is 1. The number of amides is 1. The van der Waals surface area contributed by atoms with E-state index in [0.29, 0.717) is 0 Å². The fraction of sp³-hybridized carbons (Fsp3) is 0.471. The van der Waals surface area contributed by atoms with E-state index in [1.54, 1.807) is 4.90 Å². The molecule has 0 saturated carbocycles. The highest BCUT2D eigenvalue weighted by atomic mass is 35.5. The number of ether oxygens (including phenoxy) is 1. The molecule has 1 aromatic rings. The van der Waals surface area contributed by atoms with Crippen LogP contribution in [0.1, 0.15) is 39.7 Å². The minimum Gasteiger partial charge on any atom is -0.358 e. The van der Waals surface area contributed by atoms with E-state index >= 15 is 0 Å². The maximum Gasteiger partial charge on any atom is 0.243 e. The van der Waals surface area contributed by atoms with Gasteiger partial charge in [0.2, 0.25) is 5.91 Å². The molecule has 0 bridgehead atoms. The fourth-order valence-corrected chi connectivity index (χ4v) is 2.11. The Balaban J connectivity index is 3.09. The number of alkyl halides is 1. The Kier molecular flexibility index (Phi) is 7.48. The molecular formula is C17H24ClNO2. The van der Waals surface area contributed by atoms with E-state index in [9.17, 15) is 4.79 Å². The molecule has 116 valence electrons. The zero-order valence-corrected chi connectivity index (χ0v) is 14.0. The van der Waals surface area contributed by atoms with E-state index in [2.05, 4.69) is 6.92 Å². The minimum absolute atomic E-state index is 0.0620. The van der Waals surface area contributed by atoms with Crippen LogP contribution >= 0.6 is 11.6 Å². The Morgan fingerprint density at radius 2 is 1.90 bits per heavy atom. The number of hydrogen-bond donors (Lipinski definition) is 0.